The van der Waals surface area contributed by atoms with Gasteiger partial charge in [-0.1, -0.05) is 0 Å². The van der Waals surface area contributed by atoms with Gasteiger partial charge in [-0.25, -0.2) is 8.42 Å². The van der Waals surface area contributed by atoms with Crippen LogP contribution in [0.5, 0.6) is 5.75 Å². The standard InChI is InChI=1S/C11H16INO3S/c1-8(2)16-9-5-6-10(12)11(7-9)13(3)17(4,14)15/h5-8H,1-4H3. The van der Waals surface area contributed by atoms with Crippen LogP contribution in [-0.2, 0) is 10.0 Å². The van der Waals surface area contributed by atoms with Gasteiger partial charge in [0, 0.05) is 16.7 Å². The summed E-state index contributed by atoms with van der Waals surface area (Å²) in [7, 11) is -1.72. The van der Waals surface area contributed by atoms with Crippen LogP contribution in [0.15, 0.2) is 18.2 Å². The number of anilines is 1. The summed E-state index contributed by atoms with van der Waals surface area (Å²) in [6, 6.07) is 5.42. The van der Waals surface area contributed by atoms with Crippen LogP contribution in [0.1, 0.15) is 13.8 Å². The first kappa shape index (κ1) is 14.6. The van der Waals surface area contributed by atoms with Crippen molar-refractivity contribution in [3.8, 4) is 5.75 Å². The predicted molar refractivity (Wildman–Crippen MR) is 78.2 cm³/mol. The minimum absolute atomic E-state index is 0.0615. The summed E-state index contributed by atoms with van der Waals surface area (Å²) in [5.41, 5.74) is 0.631. The Morgan fingerprint density at radius 1 is 1.35 bits per heavy atom. The molecule has 0 bridgehead atoms. The fourth-order valence-corrected chi connectivity index (χ4v) is 2.63. The topological polar surface area (TPSA) is 46.6 Å². The van der Waals surface area contributed by atoms with Crippen LogP contribution < -0.4 is 9.04 Å². The largest absolute Gasteiger partial charge is 0.491 e. The Bertz CT molecular complexity index is 499. The third-order valence-electron chi connectivity index (χ3n) is 2.13. The molecule has 0 aliphatic heterocycles. The van der Waals surface area contributed by atoms with Crippen LogP contribution in [0.25, 0.3) is 0 Å². The number of hydrogen-bond donors (Lipinski definition) is 0. The maximum Gasteiger partial charge on any atom is 0.232 e. The number of hydrogen-bond acceptors (Lipinski definition) is 3. The summed E-state index contributed by atoms with van der Waals surface area (Å²) in [5, 5.41) is 0. The van der Waals surface area contributed by atoms with E-state index in [-0.39, 0.29) is 6.10 Å². The molecule has 0 aromatic heterocycles. The molecule has 0 unspecified atom stereocenters. The van der Waals surface area contributed by atoms with Gasteiger partial charge in [-0.3, -0.25) is 4.31 Å². The lowest BCUT2D eigenvalue weighted by molar-refractivity contribution is 0.242. The quantitative estimate of drug-likeness (QED) is 0.767. The molecule has 6 heteroatoms. The van der Waals surface area contributed by atoms with Crippen LogP contribution in [0.4, 0.5) is 5.69 Å². The Hall–Kier alpha value is -0.500. The van der Waals surface area contributed by atoms with E-state index >= 15 is 0 Å². The number of ether oxygens (including phenoxy) is 1. The maximum absolute atomic E-state index is 11.5. The molecule has 0 heterocycles. The SMILES string of the molecule is CC(C)Oc1ccc(I)c(N(C)S(C)(=O)=O)c1. The molecule has 0 aliphatic carbocycles. The first-order chi connectivity index (χ1) is 7.71. The van der Waals surface area contributed by atoms with Gasteiger partial charge in [0.15, 0.2) is 0 Å². The minimum atomic E-state index is -3.25. The highest BCUT2D eigenvalue weighted by Gasteiger charge is 2.15. The molecule has 0 aliphatic rings. The van der Waals surface area contributed by atoms with Crippen molar-refractivity contribution >= 4 is 38.3 Å². The summed E-state index contributed by atoms with van der Waals surface area (Å²) in [5.74, 6) is 0.672. The fourth-order valence-electron chi connectivity index (χ4n) is 1.26. The van der Waals surface area contributed by atoms with Gasteiger partial charge in [0.05, 0.1) is 18.0 Å². The smallest absolute Gasteiger partial charge is 0.232 e. The van der Waals surface area contributed by atoms with E-state index in [1.165, 1.54) is 17.6 Å². The lowest BCUT2D eigenvalue weighted by Gasteiger charge is -2.19. The number of benzene rings is 1. The first-order valence-electron chi connectivity index (χ1n) is 5.12. The molecule has 0 atom stereocenters. The minimum Gasteiger partial charge on any atom is -0.491 e. The summed E-state index contributed by atoms with van der Waals surface area (Å²) >= 11 is 2.10. The van der Waals surface area contributed by atoms with E-state index in [0.717, 1.165) is 3.57 Å². The van der Waals surface area contributed by atoms with Gasteiger partial charge in [0.1, 0.15) is 5.75 Å². The van der Waals surface area contributed by atoms with Crippen molar-refractivity contribution in [2.75, 3.05) is 17.6 Å². The molecule has 0 spiro atoms. The van der Waals surface area contributed by atoms with E-state index in [1.54, 1.807) is 6.07 Å². The molecule has 96 valence electrons. The van der Waals surface area contributed by atoms with Crippen molar-refractivity contribution in [1.29, 1.82) is 0 Å². The van der Waals surface area contributed by atoms with Gasteiger partial charge in [-0.2, -0.15) is 0 Å². The van der Waals surface area contributed by atoms with Crippen molar-refractivity contribution in [3.63, 3.8) is 0 Å². The van der Waals surface area contributed by atoms with Gasteiger partial charge in [-0.05, 0) is 48.6 Å². The molecule has 0 saturated carbocycles. The van der Waals surface area contributed by atoms with Crippen LogP contribution in [-0.4, -0.2) is 27.8 Å². The molecular weight excluding hydrogens is 353 g/mol. The number of rotatable bonds is 4. The Kier molecular flexibility index (Phi) is 4.65. The van der Waals surface area contributed by atoms with Gasteiger partial charge in [0.25, 0.3) is 0 Å². The molecule has 1 aromatic carbocycles. The Morgan fingerprint density at radius 3 is 2.41 bits per heavy atom. The zero-order valence-corrected chi connectivity index (χ0v) is 13.2. The van der Waals surface area contributed by atoms with E-state index in [4.69, 9.17) is 4.74 Å². The molecule has 0 radical (unpaired) electrons. The fraction of sp³-hybridized carbons (Fsp3) is 0.455. The average molecular weight is 369 g/mol. The zero-order chi connectivity index (χ0) is 13.2. The van der Waals surface area contributed by atoms with Crippen molar-refractivity contribution in [2.45, 2.75) is 20.0 Å². The molecular formula is C11H16INO3S. The summed E-state index contributed by atoms with van der Waals surface area (Å²) in [6.07, 6.45) is 1.24. The summed E-state index contributed by atoms with van der Waals surface area (Å²) in [4.78, 5) is 0. The van der Waals surface area contributed by atoms with Crippen molar-refractivity contribution in [2.24, 2.45) is 0 Å². The Morgan fingerprint density at radius 2 is 1.94 bits per heavy atom. The average Bonchev–Trinajstić information content (AvgIpc) is 2.18. The maximum atomic E-state index is 11.5. The molecule has 0 N–H and O–H groups in total. The predicted octanol–water partition coefficient (Wildman–Crippen LogP) is 2.47. The van der Waals surface area contributed by atoms with Crippen molar-refractivity contribution in [1.82, 2.24) is 0 Å². The highest BCUT2D eigenvalue weighted by Crippen LogP contribution is 2.28. The van der Waals surface area contributed by atoms with Crippen LogP contribution in [0.3, 0.4) is 0 Å². The molecule has 4 nitrogen and oxygen atoms in total. The van der Waals surface area contributed by atoms with Gasteiger partial charge >= 0.3 is 0 Å². The Balaban J connectivity index is 3.15. The van der Waals surface area contributed by atoms with Crippen LogP contribution in [0.2, 0.25) is 0 Å². The van der Waals surface area contributed by atoms with Crippen molar-refractivity contribution in [3.05, 3.63) is 21.8 Å². The van der Waals surface area contributed by atoms with Gasteiger partial charge < -0.3 is 4.74 Å². The second-order valence-corrected chi connectivity index (χ2v) is 7.19. The Labute approximate surface area is 116 Å². The number of halogens is 1. The normalized spacial score (nSPS) is 11.6. The second kappa shape index (κ2) is 5.43. The van der Waals surface area contributed by atoms with Crippen LogP contribution >= 0.6 is 22.6 Å². The lowest BCUT2D eigenvalue weighted by atomic mass is 10.3. The first-order valence-corrected chi connectivity index (χ1v) is 8.04. The van der Waals surface area contributed by atoms with E-state index in [9.17, 15) is 8.42 Å². The van der Waals surface area contributed by atoms with Crippen LogP contribution in [0, 0.1) is 3.57 Å². The van der Waals surface area contributed by atoms with Gasteiger partial charge in [0.2, 0.25) is 10.0 Å². The zero-order valence-electron chi connectivity index (χ0n) is 10.3. The van der Waals surface area contributed by atoms with Crippen molar-refractivity contribution < 1.29 is 13.2 Å². The van der Waals surface area contributed by atoms with E-state index in [0.29, 0.717) is 11.4 Å². The molecule has 1 rings (SSSR count). The second-order valence-electron chi connectivity index (χ2n) is 4.01. The highest BCUT2D eigenvalue weighted by molar-refractivity contribution is 14.1. The molecule has 1 aromatic rings. The lowest BCUT2D eigenvalue weighted by Crippen LogP contribution is -2.25. The molecule has 0 saturated heterocycles. The third kappa shape index (κ3) is 4.02. The molecule has 17 heavy (non-hydrogen) atoms. The third-order valence-corrected chi connectivity index (χ3v) is 4.23. The van der Waals surface area contributed by atoms with E-state index < -0.39 is 10.0 Å². The van der Waals surface area contributed by atoms with Gasteiger partial charge in [-0.15, -0.1) is 0 Å². The molecule has 0 amide bonds. The highest BCUT2D eigenvalue weighted by atomic mass is 127. The monoisotopic (exact) mass is 369 g/mol. The summed E-state index contributed by atoms with van der Waals surface area (Å²) in [6.45, 7) is 3.86. The number of nitrogens with zero attached hydrogens (tertiary/aromatic N) is 1. The number of sulfonamides is 1. The van der Waals surface area contributed by atoms with E-state index in [1.807, 2.05) is 26.0 Å². The van der Waals surface area contributed by atoms with E-state index in [2.05, 4.69) is 22.6 Å². The summed E-state index contributed by atoms with van der Waals surface area (Å²) < 4.78 is 30.7. The molecule has 0 fully saturated rings.